The Hall–Kier alpha value is -2.83. The van der Waals surface area contributed by atoms with Crippen LogP contribution in [0.1, 0.15) is 71.4 Å². The van der Waals surface area contributed by atoms with Crippen molar-refractivity contribution in [2.75, 3.05) is 11.9 Å². The molecule has 1 aromatic rings. The molecule has 1 atom stereocenters. The summed E-state index contributed by atoms with van der Waals surface area (Å²) in [6.45, 7) is 7.99. The first kappa shape index (κ1) is 22.8. The lowest BCUT2D eigenvalue weighted by Crippen LogP contribution is -2.48. The van der Waals surface area contributed by atoms with Crippen molar-refractivity contribution in [2.45, 2.75) is 71.9 Å². The molecule has 3 rings (SSSR count). The Labute approximate surface area is 184 Å². The number of anilines is 1. The predicted molar refractivity (Wildman–Crippen MR) is 119 cm³/mol. The molecule has 1 unspecified atom stereocenters. The zero-order valence-electron chi connectivity index (χ0n) is 18.9. The molecule has 1 aromatic carbocycles. The van der Waals surface area contributed by atoms with Gasteiger partial charge in [-0.3, -0.25) is 9.69 Å². The Morgan fingerprint density at radius 1 is 1.29 bits per heavy atom. The summed E-state index contributed by atoms with van der Waals surface area (Å²) in [5.74, 6) is -0.347. The molecule has 1 aliphatic heterocycles. The van der Waals surface area contributed by atoms with E-state index in [1.54, 1.807) is 25.7 Å². The van der Waals surface area contributed by atoms with Gasteiger partial charge >= 0.3 is 12.0 Å². The summed E-state index contributed by atoms with van der Waals surface area (Å²) in [7, 11) is 0. The van der Waals surface area contributed by atoms with Gasteiger partial charge in [-0.25, -0.2) is 9.59 Å². The second-order valence-electron chi connectivity index (χ2n) is 8.58. The molecule has 0 saturated heterocycles. The van der Waals surface area contributed by atoms with Gasteiger partial charge in [0.15, 0.2) is 0 Å². The van der Waals surface area contributed by atoms with Crippen molar-refractivity contribution in [3.05, 3.63) is 41.1 Å². The lowest BCUT2D eigenvalue weighted by Gasteiger charge is -2.35. The number of ether oxygens (including phenoxy) is 1. The average Bonchev–Trinajstić information content (AvgIpc) is 2.65. The molecule has 0 bridgehead atoms. The Kier molecular flexibility index (Phi) is 7.36. The molecule has 0 radical (unpaired) electrons. The highest BCUT2D eigenvalue weighted by molar-refractivity contribution is 5.96. The lowest BCUT2D eigenvalue weighted by atomic mass is 9.85. The molecule has 3 amide bonds. The molecule has 0 spiro atoms. The van der Waals surface area contributed by atoms with Crippen LogP contribution in [0.5, 0.6) is 0 Å². The van der Waals surface area contributed by atoms with Gasteiger partial charge in [0, 0.05) is 23.8 Å². The van der Waals surface area contributed by atoms with E-state index >= 15 is 0 Å². The number of allylic oxidation sites excluding steroid dienone is 1. The zero-order chi connectivity index (χ0) is 22.5. The van der Waals surface area contributed by atoms with Gasteiger partial charge in [0.2, 0.25) is 5.91 Å². The van der Waals surface area contributed by atoms with Crippen LogP contribution in [-0.2, 0) is 14.3 Å². The highest BCUT2D eigenvalue weighted by Gasteiger charge is 2.36. The maximum atomic E-state index is 13.0. The van der Waals surface area contributed by atoms with Crippen molar-refractivity contribution in [3.8, 4) is 0 Å². The third kappa shape index (κ3) is 5.27. The van der Waals surface area contributed by atoms with E-state index in [0.717, 1.165) is 37.7 Å². The van der Waals surface area contributed by atoms with Gasteiger partial charge in [-0.15, -0.1) is 0 Å². The molecule has 7 heteroatoms. The van der Waals surface area contributed by atoms with Crippen molar-refractivity contribution in [1.29, 1.82) is 0 Å². The number of nitrogens with one attached hydrogen (secondary N) is 2. The van der Waals surface area contributed by atoms with Crippen LogP contribution in [0.4, 0.5) is 10.5 Å². The average molecular weight is 428 g/mol. The lowest BCUT2D eigenvalue weighted by molar-refractivity contribution is -0.143. The van der Waals surface area contributed by atoms with Crippen LogP contribution in [0.15, 0.2) is 35.5 Å². The summed E-state index contributed by atoms with van der Waals surface area (Å²) in [5.41, 5.74) is 2.42. The molecule has 168 valence electrons. The van der Waals surface area contributed by atoms with Gasteiger partial charge in [-0.05, 0) is 57.7 Å². The standard InChI is InChI=1S/C24H33N3O4/c1-5-6-13-27-16(4)20(23(29)31-15(2)3)21(26-24(27)30)18-11-8-12-19(14-18)25-22(28)17-9-7-10-17/h8,11-12,14-15,17,21H,5-7,9-10,13H2,1-4H3,(H,25,28)(H,26,30). The quantitative estimate of drug-likeness (QED) is 0.597. The van der Waals surface area contributed by atoms with Gasteiger partial charge in [-0.1, -0.05) is 31.9 Å². The number of urea groups is 1. The third-order valence-electron chi connectivity index (χ3n) is 5.86. The van der Waals surface area contributed by atoms with Crippen LogP contribution >= 0.6 is 0 Å². The summed E-state index contributed by atoms with van der Waals surface area (Å²) < 4.78 is 5.50. The first-order valence-electron chi connectivity index (χ1n) is 11.2. The minimum atomic E-state index is -0.641. The first-order chi connectivity index (χ1) is 14.8. The third-order valence-corrected chi connectivity index (χ3v) is 5.86. The van der Waals surface area contributed by atoms with Crippen LogP contribution in [0.2, 0.25) is 0 Å². The summed E-state index contributed by atoms with van der Waals surface area (Å²) in [6, 6.07) is 6.43. The van der Waals surface area contributed by atoms with Crippen molar-refractivity contribution in [3.63, 3.8) is 0 Å². The van der Waals surface area contributed by atoms with Crippen LogP contribution in [-0.4, -0.2) is 35.5 Å². The fraction of sp³-hybridized carbons (Fsp3) is 0.542. The molecule has 31 heavy (non-hydrogen) atoms. The van der Waals surface area contributed by atoms with Crippen molar-refractivity contribution >= 4 is 23.6 Å². The van der Waals surface area contributed by atoms with E-state index in [0.29, 0.717) is 23.5 Å². The number of carbonyl (C=O) groups excluding carboxylic acids is 3. The van der Waals surface area contributed by atoms with E-state index < -0.39 is 12.0 Å². The summed E-state index contributed by atoms with van der Waals surface area (Å²) >= 11 is 0. The monoisotopic (exact) mass is 427 g/mol. The van der Waals surface area contributed by atoms with Gasteiger partial charge < -0.3 is 15.4 Å². The van der Waals surface area contributed by atoms with Gasteiger partial charge in [0.1, 0.15) is 0 Å². The number of nitrogens with zero attached hydrogens (tertiary/aromatic N) is 1. The fourth-order valence-corrected chi connectivity index (χ4v) is 3.87. The Balaban J connectivity index is 1.92. The van der Waals surface area contributed by atoms with Gasteiger partial charge in [0.05, 0.1) is 17.7 Å². The molecule has 2 aliphatic rings. The minimum absolute atomic E-state index is 0.0213. The minimum Gasteiger partial charge on any atom is -0.459 e. The summed E-state index contributed by atoms with van der Waals surface area (Å²) in [5, 5.41) is 5.93. The number of rotatable bonds is 8. The maximum absolute atomic E-state index is 13.0. The van der Waals surface area contributed by atoms with E-state index in [1.165, 1.54) is 0 Å². The smallest absolute Gasteiger partial charge is 0.338 e. The molecule has 1 saturated carbocycles. The van der Waals surface area contributed by atoms with E-state index in [2.05, 4.69) is 17.6 Å². The second-order valence-corrected chi connectivity index (χ2v) is 8.58. The zero-order valence-corrected chi connectivity index (χ0v) is 18.9. The molecule has 1 fully saturated rings. The number of unbranched alkanes of at least 4 members (excludes halogenated alkanes) is 1. The van der Waals surface area contributed by atoms with Gasteiger partial charge in [-0.2, -0.15) is 0 Å². The number of benzene rings is 1. The van der Waals surface area contributed by atoms with Gasteiger partial charge in [0.25, 0.3) is 0 Å². The van der Waals surface area contributed by atoms with Crippen LogP contribution in [0.25, 0.3) is 0 Å². The van der Waals surface area contributed by atoms with Crippen molar-refractivity contribution in [2.24, 2.45) is 5.92 Å². The molecule has 7 nitrogen and oxygen atoms in total. The molecule has 0 aromatic heterocycles. The Bertz CT molecular complexity index is 873. The van der Waals surface area contributed by atoms with Crippen LogP contribution < -0.4 is 10.6 Å². The summed E-state index contributed by atoms with van der Waals surface area (Å²) in [6.07, 6.45) is 4.44. The highest BCUT2D eigenvalue weighted by atomic mass is 16.5. The first-order valence-corrected chi connectivity index (χ1v) is 11.2. The van der Waals surface area contributed by atoms with E-state index in [4.69, 9.17) is 4.74 Å². The molecule has 1 heterocycles. The fourth-order valence-electron chi connectivity index (χ4n) is 3.87. The highest BCUT2D eigenvalue weighted by Crippen LogP contribution is 2.33. The normalized spacial score (nSPS) is 19.2. The summed E-state index contributed by atoms with van der Waals surface area (Å²) in [4.78, 5) is 39.8. The number of amides is 3. The largest absolute Gasteiger partial charge is 0.459 e. The van der Waals surface area contributed by atoms with Crippen molar-refractivity contribution in [1.82, 2.24) is 10.2 Å². The molecular weight excluding hydrogens is 394 g/mol. The van der Waals surface area contributed by atoms with E-state index in [1.807, 2.05) is 24.3 Å². The number of esters is 1. The Morgan fingerprint density at radius 3 is 2.65 bits per heavy atom. The number of hydrogen-bond acceptors (Lipinski definition) is 4. The van der Waals surface area contributed by atoms with Crippen LogP contribution in [0.3, 0.4) is 0 Å². The Morgan fingerprint density at radius 2 is 2.03 bits per heavy atom. The topological polar surface area (TPSA) is 87.7 Å². The number of hydrogen-bond donors (Lipinski definition) is 2. The predicted octanol–water partition coefficient (Wildman–Crippen LogP) is 4.52. The van der Waals surface area contributed by atoms with E-state index in [9.17, 15) is 14.4 Å². The second kappa shape index (κ2) is 9.98. The number of carbonyl (C=O) groups is 3. The molecular formula is C24H33N3O4. The van der Waals surface area contributed by atoms with Crippen molar-refractivity contribution < 1.29 is 19.1 Å². The SMILES string of the molecule is CCCCN1C(=O)NC(c2cccc(NC(=O)C3CCC3)c2)C(C(=O)OC(C)C)=C1C. The van der Waals surface area contributed by atoms with Crippen LogP contribution in [0, 0.1) is 5.92 Å². The molecule has 2 N–H and O–H groups in total. The maximum Gasteiger partial charge on any atom is 0.338 e. The van der Waals surface area contributed by atoms with E-state index in [-0.39, 0.29) is 24.0 Å². The molecule has 1 aliphatic carbocycles.